The molecule has 4 heteroatoms. The third-order valence-electron chi connectivity index (χ3n) is 2.55. The monoisotopic (exact) mass is 217 g/mol. The van der Waals surface area contributed by atoms with E-state index in [1.165, 1.54) is 0 Å². The number of hydrogen-bond donors (Lipinski definition) is 1. The molecule has 0 saturated heterocycles. The van der Waals surface area contributed by atoms with E-state index in [1.54, 1.807) is 38.3 Å². The molecular formula is C12H11NO3. The summed E-state index contributed by atoms with van der Waals surface area (Å²) in [5.74, 6) is 0.0511. The molecule has 1 aromatic carbocycles. The van der Waals surface area contributed by atoms with Crippen LogP contribution in [-0.4, -0.2) is 18.9 Å². The summed E-state index contributed by atoms with van der Waals surface area (Å²) in [4.78, 5) is 22.8. The van der Waals surface area contributed by atoms with Gasteiger partial charge in [0.05, 0.1) is 12.7 Å². The minimum absolute atomic E-state index is 0.323. The van der Waals surface area contributed by atoms with Crippen LogP contribution >= 0.6 is 0 Å². The molecule has 82 valence electrons. The van der Waals surface area contributed by atoms with E-state index in [-0.39, 0.29) is 11.8 Å². The van der Waals surface area contributed by atoms with Gasteiger partial charge in [-0.3, -0.25) is 14.9 Å². The fourth-order valence-electron chi connectivity index (χ4n) is 1.65. The highest BCUT2D eigenvalue weighted by molar-refractivity contribution is 6.35. The molecule has 0 aromatic heterocycles. The molecule has 0 radical (unpaired) electrons. The zero-order valence-corrected chi connectivity index (χ0v) is 9.03. The summed E-state index contributed by atoms with van der Waals surface area (Å²) in [6.07, 6.45) is 0. The summed E-state index contributed by atoms with van der Waals surface area (Å²) in [6.45, 7) is 1.64. The van der Waals surface area contributed by atoms with E-state index in [9.17, 15) is 9.59 Å². The topological polar surface area (TPSA) is 55.4 Å². The van der Waals surface area contributed by atoms with Gasteiger partial charge >= 0.3 is 0 Å². The van der Waals surface area contributed by atoms with Gasteiger partial charge in [0.25, 0.3) is 11.8 Å². The van der Waals surface area contributed by atoms with E-state index in [0.29, 0.717) is 16.9 Å². The summed E-state index contributed by atoms with van der Waals surface area (Å²) in [6, 6.07) is 7.03. The highest BCUT2D eigenvalue weighted by Gasteiger charge is 2.27. The Kier molecular flexibility index (Phi) is 2.48. The van der Waals surface area contributed by atoms with Crippen LogP contribution < -0.4 is 10.1 Å². The van der Waals surface area contributed by atoms with E-state index >= 15 is 0 Å². The standard InChI is InChI=1S/C12H11NO3/c1-7-10(12(15)13-11(7)14)8-3-5-9(16-2)6-4-8/h3-6H,1-2H3,(H,13,14,15). The Bertz CT molecular complexity index is 485. The zero-order chi connectivity index (χ0) is 11.7. The first-order valence-electron chi connectivity index (χ1n) is 4.84. The minimum Gasteiger partial charge on any atom is -0.497 e. The summed E-state index contributed by atoms with van der Waals surface area (Å²) in [5, 5.41) is 2.26. The lowest BCUT2D eigenvalue weighted by Crippen LogP contribution is -2.22. The number of nitrogens with one attached hydrogen (secondary N) is 1. The predicted molar refractivity (Wildman–Crippen MR) is 58.7 cm³/mol. The number of methoxy groups -OCH3 is 1. The Morgan fingerprint density at radius 3 is 2.12 bits per heavy atom. The van der Waals surface area contributed by atoms with Gasteiger partial charge in [0.15, 0.2) is 0 Å². The van der Waals surface area contributed by atoms with Crippen LogP contribution in [0.3, 0.4) is 0 Å². The average molecular weight is 217 g/mol. The molecule has 0 bridgehead atoms. The summed E-state index contributed by atoms with van der Waals surface area (Å²) >= 11 is 0. The number of imide groups is 1. The molecular weight excluding hydrogens is 206 g/mol. The van der Waals surface area contributed by atoms with Crippen LogP contribution in [0.4, 0.5) is 0 Å². The first kappa shape index (κ1) is 10.4. The van der Waals surface area contributed by atoms with Crippen molar-refractivity contribution in [3.8, 4) is 5.75 Å². The molecule has 4 nitrogen and oxygen atoms in total. The van der Waals surface area contributed by atoms with Crippen LogP contribution in [0.15, 0.2) is 29.8 Å². The van der Waals surface area contributed by atoms with Gasteiger partial charge in [-0.25, -0.2) is 0 Å². The van der Waals surface area contributed by atoms with Gasteiger partial charge in [-0.05, 0) is 24.6 Å². The van der Waals surface area contributed by atoms with Crippen molar-refractivity contribution in [1.29, 1.82) is 0 Å². The van der Waals surface area contributed by atoms with Crippen molar-refractivity contribution >= 4 is 17.4 Å². The maximum absolute atomic E-state index is 11.5. The second kappa shape index (κ2) is 3.81. The predicted octanol–water partition coefficient (Wildman–Crippen LogP) is 1.13. The highest BCUT2D eigenvalue weighted by atomic mass is 16.5. The molecule has 1 heterocycles. The lowest BCUT2D eigenvalue weighted by atomic mass is 10.0. The van der Waals surface area contributed by atoms with Crippen molar-refractivity contribution < 1.29 is 14.3 Å². The lowest BCUT2D eigenvalue weighted by molar-refractivity contribution is -0.123. The number of carbonyl (C=O) groups excluding carboxylic acids is 2. The summed E-state index contributed by atoms with van der Waals surface area (Å²) in [5.41, 5.74) is 1.62. The van der Waals surface area contributed by atoms with E-state index in [1.807, 2.05) is 0 Å². The van der Waals surface area contributed by atoms with Gasteiger partial charge in [-0.1, -0.05) is 12.1 Å². The third-order valence-corrected chi connectivity index (χ3v) is 2.55. The molecule has 0 fully saturated rings. The summed E-state index contributed by atoms with van der Waals surface area (Å²) in [7, 11) is 1.57. The zero-order valence-electron chi connectivity index (χ0n) is 9.03. The Morgan fingerprint density at radius 1 is 1.06 bits per heavy atom. The smallest absolute Gasteiger partial charge is 0.259 e. The fourth-order valence-corrected chi connectivity index (χ4v) is 1.65. The Morgan fingerprint density at radius 2 is 1.69 bits per heavy atom. The molecule has 0 unspecified atom stereocenters. The van der Waals surface area contributed by atoms with Crippen molar-refractivity contribution in [2.24, 2.45) is 0 Å². The quantitative estimate of drug-likeness (QED) is 0.755. The Hall–Kier alpha value is -2.10. The van der Waals surface area contributed by atoms with Gasteiger partial charge in [-0.15, -0.1) is 0 Å². The van der Waals surface area contributed by atoms with Gasteiger partial charge < -0.3 is 4.74 Å². The van der Waals surface area contributed by atoms with Crippen molar-refractivity contribution in [3.05, 3.63) is 35.4 Å². The van der Waals surface area contributed by atoms with Crippen LogP contribution in [0.1, 0.15) is 12.5 Å². The minimum atomic E-state index is -0.340. The molecule has 0 atom stereocenters. The van der Waals surface area contributed by atoms with Gasteiger partial charge in [0.1, 0.15) is 5.75 Å². The molecule has 16 heavy (non-hydrogen) atoms. The van der Waals surface area contributed by atoms with Crippen molar-refractivity contribution in [1.82, 2.24) is 5.32 Å². The number of rotatable bonds is 2. The number of carbonyl (C=O) groups is 2. The van der Waals surface area contributed by atoms with E-state index in [4.69, 9.17) is 4.74 Å². The van der Waals surface area contributed by atoms with Crippen molar-refractivity contribution in [2.45, 2.75) is 6.92 Å². The Labute approximate surface area is 92.9 Å². The second-order valence-electron chi connectivity index (χ2n) is 3.51. The number of ether oxygens (including phenoxy) is 1. The average Bonchev–Trinajstić information content (AvgIpc) is 2.54. The van der Waals surface area contributed by atoms with E-state index in [2.05, 4.69) is 5.32 Å². The van der Waals surface area contributed by atoms with Crippen LogP contribution in [0.25, 0.3) is 5.57 Å². The van der Waals surface area contributed by atoms with Gasteiger partial charge in [-0.2, -0.15) is 0 Å². The van der Waals surface area contributed by atoms with Crippen molar-refractivity contribution in [2.75, 3.05) is 7.11 Å². The summed E-state index contributed by atoms with van der Waals surface area (Å²) < 4.78 is 5.02. The maximum Gasteiger partial charge on any atom is 0.259 e. The number of amides is 2. The van der Waals surface area contributed by atoms with Crippen molar-refractivity contribution in [3.63, 3.8) is 0 Å². The lowest BCUT2D eigenvalue weighted by Gasteiger charge is -2.03. The van der Waals surface area contributed by atoms with E-state index in [0.717, 1.165) is 5.56 Å². The molecule has 1 aliphatic heterocycles. The molecule has 0 saturated carbocycles. The molecule has 2 amide bonds. The molecule has 1 aliphatic rings. The molecule has 0 spiro atoms. The second-order valence-corrected chi connectivity index (χ2v) is 3.51. The number of hydrogen-bond acceptors (Lipinski definition) is 3. The largest absolute Gasteiger partial charge is 0.497 e. The molecule has 2 rings (SSSR count). The fraction of sp³-hybridized carbons (Fsp3) is 0.167. The SMILES string of the molecule is COc1ccc(C2=C(C)C(=O)NC2=O)cc1. The van der Waals surface area contributed by atoms with Crippen LogP contribution in [0.2, 0.25) is 0 Å². The first-order valence-corrected chi connectivity index (χ1v) is 4.84. The van der Waals surface area contributed by atoms with Gasteiger partial charge in [0, 0.05) is 5.57 Å². The Balaban J connectivity index is 2.44. The maximum atomic E-state index is 11.5. The molecule has 0 aliphatic carbocycles. The molecule has 1 aromatic rings. The first-order chi connectivity index (χ1) is 7.63. The van der Waals surface area contributed by atoms with Crippen LogP contribution in [0.5, 0.6) is 5.75 Å². The van der Waals surface area contributed by atoms with Crippen LogP contribution in [-0.2, 0) is 9.59 Å². The van der Waals surface area contributed by atoms with E-state index < -0.39 is 0 Å². The number of benzene rings is 1. The highest BCUT2D eigenvalue weighted by Crippen LogP contribution is 2.25. The van der Waals surface area contributed by atoms with Gasteiger partial charge in [0.2, 0.25) is 0 Å². The normalized spacial score (nSPS) is 15.4. The third kappa shape index (κ3) is 1.58. The molecule has 1 N–H and O–H groups in total. The van der Waals surface area contributed by atoms with Crippen LogP contribution in [0, 0.1) is 0 Å².